The summed E-state index contributed by atoms with van der Waals surface area (Å²) in [7, 11) is 2.15. The molecule has 3 fully saturated rings. The molecule has 3 heterocycles. The molecular weight excluding hydrogens is 338 g/mol. The maximum absolute atomic E-state index is 13.2. The SMILES string of the molecule is Cc1ccc(NC2CCCN(C(=O)C3NNC4CCN(C)CC43)C2)cc1C. The van der Waals surface area contributed by atoms with Crippen LogP contribution >= 0.6 is 0 Å². The van der Waals surface area contributed by atoms with Gasteiger partial charge in [-0.05, 0) is 70.0 Å². The molecule has 3 aliphatic heterocycles. The maximum atomic E-state index is 13.2. The number of hydrogen-bond acceptors (Lipinski definition) is 5. The van der Waals surface area contributed by atoms with Crippen molar-refractivity contribution in [3.05, 3.63) is 29.3 Å². The molecule has 0 saturated carbocycles. The van der Waals surface area contributed by atoms with Crippen LogP contribution in [0.15, 0.2) is 18.2 Å². The van der Waals surface area contributed by atoms with Gasteiger partial charge in [-0.2, -0.15) is 0 Å². The van der Waals surface area contributed by atoms with E-state index >= 15 is 0 Å². The van der Waals surface area contributed by atoms with E-state index in [9.17, 15) is 4.79 Å². The molecule has 0 radical (unpaired) electrons. The zero-order chi connectivity index (χ0) is 19.0. The number of fused-ring (bicyclic) bond motifs is 1. The molecule has 1 amide bonds. The lowest BCUT2D eigenvalue weighted by atomic mass is 9.87. The van der Waals surface area contributed by atoms with Gasteiger partial charge in [-0.1, -0.05) is 6.07 Å². The first kappa shape index (κ1) is 18.7. The first-order valence-electron chi connectivity index (χ1n) is 10.3. The van der Waals surface area contributed by atoms with Gasteiger partial charge in [-0.25, -0.2) is 5.43 Å². The van der Waals surface area contributed by atoms with E-state index in [0.29, 0.717) is 18.0 Å². The van der Waals surface area contributed by atoms with Crippen LogP contribution in [0, 0.1) is 19.8 Å². The number of benzene rings is 1. The third-order valence-corrected chi connectivity index (χ3v) is 6.59. The molecule has 27 heavy (non-hydrogen) atoms. The minimum absolute atomic E-state index is 0.0990. The molecule has 0 spiro atoms. The molecule has 3 N–H and O–H groups in total. The number of carbonyl (C=O) groups is 1. The molecule has 6 heteroatoms. The highest BCUT2D eigenvalue weighted by molar-refractivity contribution is 5.83. The number of piperidine rings is 2. The fourth-order valence-electron chi connectivity index (χ4n) is 4.78. The van der Waals surface area contributed by atoms with E-state index in [0.717, 1.165) is 51.1 Å². The summed E-state index contributed by atoms with van der Waals surface area (Å²) in [6, 6.07) is 7.17. The highest BCUT2D eigenvalue weighted by Crippen LogP contribution is 2.26. The van der Waals surface area contributed by atoms with Gasteiger partial charge in [0.05, 0.1) is 0 Å². The van der Waals surface area contributed by atoms with Crippen molar-refractivity contribution < 1.29 is 4.79 Å². The predicted octanol–water partition coefficient (Wildman–Crippen LogP) is 1.50. The van der Waals surface area contributed by atoms with Crippen LogP contribution in [0.1, 0.15) is 30.4 Å². The number of likely N-dealkylation sites (tertiary alicyclic amines) is 2. The molecular formula is C21H33N5O. The molecule has 0 aromatic heterocycles. The third kappa shape index (κ3) is 3.98. The van der Waals surface area contributed by atoms with Gasteiger partial charge >= 0.3 is 0 Å². The van der Waals surface area contributed by atoms with E-state index in [1.807, 2.05) is 0 Å². The quantitative estimate of drug-likeness (QED) is 0.752. The number of nitrogens with zero attached hydrogens (tertiary/aromatic N) is 2. The summed E-state index contributed by atoms with van der Waals surface area (Å²) in [6.07, 6.45) is 3.28. The minimum atomic E-state index is -0.0990. The Labute approximate surface area is 162 Å². The molecule has 1 aromatic rings. The van der Waals surface area contributed by atoms with Crippen molar-refractivity contribution in [3.8, 4) is 0 Å². The number of amides is 1. The van der Waals surface area contributed by atoms with Crippen LogP contribution in [0.2, 0.25) is 0 Å². The molecule has 4 atom stereocenters. The van der Waals surface area contributed by atoms with Gasteiger partial charge in [-0.3, -0.25) is 10.2 Å². The highest BCUT2D eigenvalue weighted by Gasteiger charge is 2.44. The summed E-state index contributed by atoms with van der Waals surface area (Å²) in [5.74, 6) is 0.626. The molecule has 0 aliphatic carbocycles. The average Bonchev–Trinajstić information content (AvgIpc) is 3.07. The predicted molar refractivity (Wildman–Crippen MR) is 109 cm³/mol. The molecule has 0 bridgehead atoms. The third-order valence-electron chi connectivity index (χ3n) is 6.59. The van der Waals surface area contributed by atoms with Crippen LogP contribution in [0.4, 0.5) is 5.69 Å². The second kappa shape index (κ2) is 7.78. The first-order chi connectivity index (χ1) is 13.0. The van der Waals surface area contributed by atoms with Crippen molar-refractivity contribution in [1.82, 2.24) is 20.7 Å². The molecule has 148 valence electrons. The smallest absolute Gasteiger partial charge is 0.241 e. The van der Waals surface area contributed by atoms with E-state index < -0.39 is 0 Å². The molecule has 4 unspecified atom stereocenters. The zero-order valence-electron chi connectivity index (χ0n) is 16.8. The number of rotatable bonds is 3. The number of anilines is 1. The van der Waals surface area contributed by atoms with Gasteiger partial charge in [-0.15, -0.1) is 0 Å². The number of nitrogens with one attached hydrogen (secondary N) is 3. The van der Waals surface area contributed by atoms with E-state index in [1.165, 1.54) is 11.1 Å². The minimum Gasteiger partial charge on any atom is -0.381 e. The summed E-state index contributed by atoms with van der Waals surface area (Å²) in [4.78, 5) is 17.6. The lowest BCUT2D eigenvalue weighted by Crippen LogP contribution is -2.54. The van der Waals surface area contributed by atoms with E-state index in [1.54, 1.807) is 0 Å². The van der Waals surface area contributed by atoms with E-state index in [4.69, 9.17) is 0 Å². The molecule has 3 saturated heterocycles. The Hall–Kier alpha value is -1.63. The second-order valence-corrected chi connectivity index (χ2v) is 8.65. The maximum Gasteiger partial charge on any atom is 0.241 e. The Kier molecular flexibility index (Phi) is 5.39. The Balaban J connectivity index is 1.39. The Bertz CT molecular complexity index is 693. The fraction of sp³-hybridized carbons (Fsp3) is 0.667. The number of hydrogen-bond donors (Lipinski definition) is 3. The lowest BCUT2D eigenvalue weighted by molar-refractivity contribution is -0.135. The first-order valence-corrected chi connectivity index (χ1v) is 10.3. The van der Waals surface area contributed by atoms with Gasteiger partial charge in [0.1, 0.15) is 6.04 Å². The number of hydrazine groups is 1. The Morgan fingerprint density at radius 3 is 2.78 bits per heavy atom. The van der Waals surface area contributed by atoms with Crippen molar-refractivity contribution in [1.29, 1.82) is 0 Å². The van der Waals surface area contributed by atoms with Crippen LogP contribution in [0.25, 0.3) is 0 Å². The Morgan fingerprint density at radius 2 is 1.96 bits per heavy atom. The normalized spacial score (nSPS) is 31.6. The van der Waals surface area contributed by atoms with Gasteiger partial charge in [0.2, 0.25) is 5.91 Å². The lowest BCUT2D eigenvalue weighted by Gasteiger charge is -2.38. The standard InChI is InChI=1S/C21H33N5O/c1-14-6-7-16(11-15(14)2)22-17-5-4-9-26(12-17)21(27)20-18-13-25(3)10-8-19(18)23-24-20/h6-7,11,17-20,22-24H,4-5,8-10,12-13H2,1-3H3. The van der Waals surface area contributed by atoms with Crippen LogP contribution in [0.3, 0.4) is 0 Å². The van der Waals surface area contributed by atoms with Crippen LogP contribution < -0.4 is 16.2 Å². The molecule has 1 aromatic carbocycles. The molecule has 4 rings (SSSR count). The van der Waals surface area contributed by atoms with Crippen molar-refractivity contribution in [2.24, 2.45) is 5.92 Å². The zero-order valence-corrected chi connectivity index (χ0v) is 16.8. The van der Waals surface area contributed by atoms with Crippen LogP contribution in [-0.4, -0.2) is 67.1 Å². The second-order valence-electron chi connectivity index (χ2n) is 8.65. The number of carbonyl (C=O) groups excluding carboxylic acids is 1. The highest BCUT2D eigenvalue weighted by atomic mass is 16.2. The Morgan fingerprint density at radius 1 is 1.11 bits per heavy atom. The van der Waals surface area contributed by atoms with Crippen molar-refractivity contribution in [2.45, 2.75) is 51.2 Å². The van der Waals surface area contributed by atoms with Gasteiger partial charge in [0.15, 0.2) is 0 Å². The van der Waals surface area contributed by atoms with Crippen molar-refractivity contribution in [3.63, 3.8) is 0 Å². The van der Waals surface area contributed by atoms with Crippen molar-refractivity contribution >= 4 is 11.6 Å². The summed E-state index contributed by atoms with van der Waals surface area (Å²) in [5.41, 5.74) is 10.5. The molecule has 6 nitrogen and oxygen atoms in total. The van der Waals surface area contributed by atoms with Gasteiger partial charge in [0, 0.05) is 43.3 Å². The van der Waals surface area contributed by atoms with E-state index in [2.05, 4.69) is 65.1 Å². The largest absolute Gasteiger partial charge is 0.381 e. The fourth-order valence-corrected chi connectivity index (χ4v) is 4.78. The monoisotopic (exact) mass is 371 g/mol. The number of aryl methyl sites for hydroxylation is 2. The van der Waals surface area contributed by atoms with Crippen LogP contribution in [-0.2, 0) is 4.79 Å². The van der Waals surface area contributed by atoms with Gasteiger partial charge < -0.3 is 15.1 Å². The summed E-state index contributed by atoms with van der Waals surface area (Å²) >= 11 is 0. The topological polar surface area (TPSA) is 59.6 Å². The molecule has 3 aliphatic rings. The van der Waals surface area contributed by atoms with Gasteiger partial charge in [0.25, 0.3) is 0 Å². The average molecular weight is 372 g/mol. The van der Waals surface area contributed by atoms with E-state index in [-0.39, 0.29) is 11.9 Å². The summed E-state index contributed by atoms with van der Waals surface area (Å²) in [6.45, 7) is 8.03. The summed E-state index contributed by atoms with van der Waals surface area (Å²) < 4.78 is 0. The van der Waals surface area contributed by atoms with Crippen LogP contribution in [0.5, 0.6) is 0 Å². The van der Waals surface area contributed by atoms with Crippen molar-refractivity contribution in [2.75, 3.05) is 38.5 Å². The summed E-state index contributed by atoms with van der Waals surface area (Å²) in [5, 5.41) is 3.65.